The van der Waals surface area contributed by atoms with Crippen LogP contribution < -0.4 is 0 Å². The SMILES string of the molecule is CCCCCCCCCCCCSC(=S)SC(CC(CC(CC(C)(C)C(=O)O)C(=O)OCCN1CCCC1=O)C(=O)OCCCC)c1ccccc1. The van der Waals surface area contributed by atoms with Crippen molar-refractivity contribution in [1.82, 2.24) is 4.90 Å². The summed E-state index contributed by atoms with van der Waals surface area (Å²) in [5.74, 6) is -2.54. The maximum atomic E-state index is 13.8. The van der Waals surface area contributed by atoms with Gasteiger partial charge in [-0.15, -0.1) is 11.8 Å². The Hall–Kier alpha value is -2.11. The van der Waals surface area contributed by atoms with Crippen LogP contribution in [0.4, 0.5) is 0 Å². The molecule has 1 aromatic carbocycles. The highest BCUT2D eigenvalue weighted by molar-refractivity contribution is 8.47. The van der Waals surface area contributed by atoms with E-state index in [1.165, 1.54) is 57.8 Å². The van der Waals surface area contributed by atoms with Gasteiger partial charge >= 0.3 is 17.9 Å². The number of likely N-dealkylation sites (tertiary alicyclic amines) is 1. The molecule has 1 heterocycles. The third-order valence-electron chi connectivity index (χ3n) is 9.72. The number of hydrogen-bond donors (Lipinski definition) is 1. The number of carboxylic acids is 1. The molecule has 0 saturated carbocycles. The van der Waals surface area contributed by atoms with Crippen molar-refractivity contribution in [2.24, 2.45) is 17.3 Å². The number of unbranched alkanes of at least 4 members (excludes halogenated alkanes) is 10. The third kappa shape index (κ3) is 18.8. The van der Waals surface area contributed by atoms with Crippen LogP contribution in [0.15, 0.2) is 30.3 Å². The number of thioether (sulfide) groups is 2. The lowest BCUT2D eigenvalue weighted by molar-refractivity contribution is -0.156. The molecule has 8 nitrogen and oxygen atoms in total. The number of nitrogens with zero attached hydrogens (tertiary/aromatic N) is 1. The van der Waals surface area contributed by atoms with E-state index in [0.29, 0.717) is 25.9 Å². The van der Waals surface area contributed by atoms with Gasteiger partial charge < -0.3 is 19.5 Å². The minimum Gasteiger partial charge on any atom is -0.481 e. The van der Waals surface area contributed by atoms with Crippen molar-refractivity contribution in [3.8, 4) is 0 Å². The first-order chi connectivity index (χ1) is 25.0. The summed E-state index contributed by atoms with van der Waals surface area (Å²) in [5, 5.41) is 9.81. The molecule has 1 aromatic rings. The standard InChI is InChI=1S/C41H65NO7S3/c1-5-7-9-10-11-12-13-14-15-19-28-51-40(50)52-35(32-21-17-16-18-22-32)30-33(37(44)48-26-8-6-2)29-34(31-41(3,4)39(46)47)38(45)49-27-25-42-24-20-23-36(42)43/h16-18,21-22,33-35H,5-15,19-20,23-31H2,1-4H3,(H,46,47). The number of carboxylic acid groups (broad SMARTS) is 1. The fourth-order valence-electron chi connectivity index (χ4n) is 6.42. The van der Waals surface area contributed by atoms with E-state index < -0.39 is 35.2 Å². The highest BCUT2D eigenvalue weighted by Crippen LogP contribution is 2.41. The number of carbonyl (C=O) groups excluding carboxylic acids is 3. The second-order valence-corrected chi connectivity index (χ2v) is 18.2. The van der Waals surface area contributed by atoms with Crippen molar-refractivity contribution in [3.63, 3.8) is 0 Å². The number of thiocarbonyl (C=S) groups is 1. The molecule has 3 unspecified atom stereocenters. The van der Waals surface area contributed by atoms with E-state index in [1.54, 1.807) is 42.3 Å². The molecule has 1 amide bonds. The van der Waals surface area contributed by atoms with Gasteiger partial charge in [0, 0.05) is 18.2 Å². The Morgan fingerprint density at radius 1 is 0.846 bits per heavy atom. The second-order valence-electron chi connectivity index (χ2n) is 14.7. The van der Waals surface area contributed by atoms with E-state index in [-0.39, 0.29) is 37.2 Å². The molecule has 11 heteroatoms. The monoisotopic (exact) mass is 779 g/mol. The fourth-order valence-corrected chi connectivity index (χ4v) is 9.26. The van der Waals surface area contributed by atoms with E-state index in [4.69, 9.17) is 21.7 Å². The number of ether oxygens (including phenoxy) is 2. The lowest BCUT2D eigenvalue weighted by Gasteiger charge is -2.29. The average Bonchev–Trinajstić information content (AvgIpc) is 3.53. The Morgan fingerprint density at radius 2 is 1.44 bits per heavy atom. The van der Waals surface area contributed by atoms with Crippen molar-refractivity contribution in [3.05, 3.63) is 35.9 Å². The number of hydrogen-bond acceptors (Lipinski definition) is 9. The molecule has 3 atom stereocenters. The molecule has 52 heavy (non-hydrogen) atoms. The van der Waals surface area contributed by atoms with Gasteiger partial charge in [-0.2, -0.15) is 0 Å². The first kappa shape index (κ1) is 46.0. The maximum absolute atomic E-state index is 13.8. The van der Waals surface area contributed by atoms with Gasteiger partial charge in [0.05, 0.1) is 30.4 Å². The number of rotatable bonds is 28. The minimum absolute atomic E-state index is 0.00117. The molecular weight excluding hydrogens is 715 g/mol. The van der Waals surface area contributed by atoms with E-state index in [2.05, 4.69) is 6.92 Å². The Balaban J connectivity index is 2.14. The van der Waals surface area contributed by atoms with E-state index in [0.717, 1.165) is 40.5 Å². The quantitative estimate of drug-likeness (QED) is 0.0501. The molecule has 2 rings (SSSR count). The van der Waals surface area contributed by atoms with Crippen LogP contribution in [0.5, 0.6) is 0 Å². The predicted molar refractivity (Wildman–Crippen MR) is 219 cm³/mol. The lowest BCUT2D eigenvalue weighted by atomic mass is 9.78. The summed E-state index contributed by atoms with van der Waals surface area (Å²) < 4.78 is 12.2. The van der Waals surface area contributed by atoms with Gasteiger partial charge in [-0.25, -0.2) is 0 Å². The number of carbonyl (C=O) groups is 4. The van der Waals surface area contributed by atoms with Crippen LogP contribution >= 0.6 is 35.7 Å². The molecule has 0 bridgehead atoms. The molecule has 1 aliphatic heterocycles. The van der Waals surface area contributed by atoms with E-state index in [9.17, 15) is 24.3 Å². The Bertz CT molecular complexity index is 1210. The van der Waals surface area contributed by atoms with Crippen LogP contribution in [-0.2, 0) is 28.7 Å². The molecule has 1 N–H and O–H groups in total. The molecular formula is C41H65NO7S3. The molecule has 1 saturated heterocycles. The highest BCUT2D eigenvalue weighted by atomic mass is 32.2. The van der Waals surface area contributed by atoms with Gasteiger partial charge in [0.15, 0.2) is 0 Å². The summed E-state index contributed by atoms with van der Waals surface area (Å²) in [6.07, 6.45) is 16.2. The third-order valence-corrected chi connectivity index (χ3v) is 12.7. The van der Waals surface area contributed by atoms with Crippen molar-refractivity contribution < 1.29 is 33.8 Å². The summed E-state index contributed by atoms with van der Waals surface area (Å²) in [4.78, 5) is 53.3. The van der Waals surface area contributed by atoms with Gasteiger partial charge in [0.2, 0.25) is 5.91 Å². The van der Waals surface area contributed by atoms with E-state index in [1.807, 2.05) is 37.3 Å². The van der Waals surface area contributed by atoms with Gasteiger partial charge in [-0.3, -0.25) is 19.2 Å². The van der Waals surface area contributed by atoms with Crippen molar-refractivity contribution in [2.45, 2.75) is 142 Å². The van der Waals surface area contributed by atoms with Gasteiger partial charge in [-0.05, 0) is 63.7 Å². The maximum Gasteiger partial charge on any atom is 0.309 e. The first-order valence-corrected chi connectivity index (χ1v) is 22.0. The number of esters is 2. The number of amides is 1. The Labute approximate surface area is 327 Å². The summed E-state index contributed by atoms with van der Waals surface area (Å²) in [5.41, 5.74) is -0.202. The Kier molecular flexibility index (Phi) is 23.6. The fraction of sp³-hybridized carbons (Fsp3) is 0.732. The van der Waals surface area contributed by atoms with Crippen LogP contribution in [0, 0.1) is 17.3 Å². The molecule has 0 radical (unpaired) electrons. The minimum atomic E-state index is -1.23. The van der Waals surface area contributed by atoms with Crippen LogP contribution in [0.1, 0.15) is 148 Å². The van der Waals surface area contributed by atoms with E-state index >= 15 is 0 Å². The largest absolute Gasteiger partial charge is 0.481 e. The van der Waals surface area contributed by atoms with Gasteiger partial charge in [0.1, 0.15) is 10.1 Å². The summed E-state index contributed by atoms with van der Waals surface area (Å²) in [6.45, 7) is 8.67. The van der Waals surface area contributed by atoms with Crippen molar-refractivity contribution in [1.29, 1.82) is 0 Å². The number of aliphatic carboxylic acids is 1. The molecule has 1 fully saturated rings. The van der Waals surface area contributed by atoms with Crippen LogP contribution in [0.25, 0.3) is 0 Å². The van der Waals surface area contributed by atoms with Crippen LogP contribution in [0.2, 0.25) is 0 Å². The van der Waals surface area contributed by atoms with Crippen LogP contribution in [-0.4, -0.2) is 69.4 Å². The Morgan fingerprint density at radius 3 is 2.04 bits per heavy atom. The van der Waals surface area contributed by atoms with Crippen LogP contribution in [0.3, 0.4) is 0 Å². The zero-order valence-corrected chi connectivity index (χ0v) is 34.7. The molecule has 0 aromatic heterocycles. The summed E-state index contributed by atoms with van der Waals surface area (Å²) in [6, 6.07) is 9.96. The first-order valence-electron chi connectivity index (χ1n) is 19.7. The lowest BCUT2D eigenvalue weighted by Crippen LogP contribution is -2.35. The second kappa shape index (κ2) is 26.6. The molecule has 1 aliphatic rings. The summed E-state index contributed by atoms with van der Waals surface area (Å²) >= 11 is 9.14. The molecule has 294 valence electrons. The summed E-state index contributed by atoms with van der Waals surface area (Å²) in [7, 11) is 0. The average molecular weight is 780 g/mol. The smallest absolute Gasteiger partial charge is 0.309 e. The van der Waals surface area contributed by atoms with Gasteiger partial charge in [0.25, 0.3) is 0 Å². The van der Waals surface area contributed by atoms with Crippen molar-refractivity contribution in [2.75, 3.05) is 32.1 Å². The van der Waals surface area contributed by atoms with Crippen molar-refractivity contribution >= 4 is 63.1 Å². The highest BCUT2D eigenvalue weighted by Gasteiger charge is 2.38. The molecule has 0 spiro atoms. The predicted octanol–water partition coefficient (Wildman–Crippen LogP) is 10.4. The normalized spacial score (nSPS) is 14.9. The number of benzene rings is 1. The zero-order valence-electron chi connectivity index (χ0n) is 32.2. The zero-order chi connectivity index (χ0) is 38.2. The molecule has 0 aliphatic carbocycles. The van der Waals surface area contributed by atoms with Gasteiger partial charge in [-0.1, -0.05) is 132 Å². The topological polar surface area (TPSA) is 110 Å².